The molecule has 0 N–H and O–H groups in total. The molecule has 2 rings (SSSR count). The summed E-state index contributed by atoms with van der Waals surface area (Å²) in [5, 5.41) is 0. The molecule has 0 aromatic rings. The normalized spacial score (nSPS) is 38.1. The van der Waals surface area contributed by atoms with Crippen LogP contribution in [0.5, 0.6) is 0 Å². The van der Waals surface area contributed by atoms with Gasteiger partial charge in [0.15, 0.2) is 0 Å². The average molecular weight is 250 g/mol. The highest BCUT2D eigenvalue weighted by Crippen LogP contribution is 2.49. The third kappa shape index (κ3) is 2.05. The molecule has 3 atom stereocenters. The fourth-order valence-electron chi connectivity index (χ4n) is 3.48. The molecule has 3 nitrogen and oxygen atoms in total. The van der Waals surface area contributed by atoms with Gasteiger partial charge in [0.05, 0.1) is 17.1 Å². The van der Waals surface area contributed by atoms with Gasteiger partial charge >= 0.3 is 0 Å². The topological polar surface area (TPSA) is 43.4 Å². The number of ketones is 1. The Morgan fingerprint density at radius 2 is 2.06 bits per heavy atom. The van der Waals surface area contributed by atoms with Crippen molar-refractivity contribution in [2.24, 2.45) is 5.92 Å². The molecule has 0 radical (unpaired) electrons. The minimum absolute atomic E-state index is 0.195. The van der Waals surface area contributed by atoms with Gasteiger partial charge in [0.25, 0.3) is 0 Å². The summed E-state index contributed by atoms with van der Waals surface area (Å²) >= 11 is 0. The Morgan fingerprint density at radius 3 is 2.67 bits per heavy atom. The molecular weight excluding hydrogens is 228 g/mol. The zero-order valence-corrected chi connectivity index (χ0v) is 11.3. The first kappa shape index (κ1) is 13.5. The van der Waals surface area contributed by atoms with Crippen LogP contribution in [0.15, 0.2) is 12.2 Å². The van der Waals surface area contributed by atoms with Crippen LogP contribution in [0.4, 0.5) is 0 Å². The summed E-state index contributed by atoms with van der Waals surface area (Å²) in [6.07, 6.45) is 9.36. The van der Waals surface area contributed by atoms with Crippen LogP contribution in [0.25, 0.3) is 0 Å². The van der Waals surface area contributed by atoms with Gasteiger partial charge in [-0.15, -0.1) is 0 Å². The highest BCUT2D eigenvalue weighted by Gasteiger charge is 2.55. The lowest BCUT2D eigenvalue weighted by Crippen LogP contribution is -2.52. The third-order valence-corrected chi connectivity index (χ3v) is 4.16. The monoisotopic (exact) mass is 250 g/mol. The van der Waals surface area contributed by atoms with E-state index in [2.05, 4.69) is 26.0 Å². The molecule has 2 aliphatic heterocycles. The first-order valence-corrected chi connectivity index (χ1v) is 6.98. The maximum Gasteiger partial charge on any atom is 0.142 e. The third-order valence-electron chi connectivity index (χ3n) is 4.16. The maximum absolute atomic E-state index is 12.3. The summed E-state index contributed by atoms with van der Waals surface area (Å²) in [6.45, 7) is 4.19. The van der Waals surface area contributed by atoms with Crippen molar-refractivity contribution < 1.29 is 14.3 Å². The molecular formula is C15H22O3. The van der Waals surface area contributed by atoms with E-state index in [1.54, 1.807) is 0 Å². The molecule has 1 fully saturated rings. The Labute approximate surface area is 109 Å². The Hall–Kier alpha value is -0.960. The Balaban J connectivity index is 2.30. The minimum Gasteiger partial charge on any atom is -0.359 e. The van der Waals surface area contributed by atoms with Crippen molar-refractivity contribution in [1.29, 1.82) is 0 Å². The molecule has 0 saturated carbocycles. The van der Waals surface area contributed by atoms with E-state index < -0.39 is 5.60 Å². The van der Waals surface area contributed by atoms with Crippen LogP contribution in [0.1, 0.15) is 52.4 Å². The largest absolute Gasteiger partial charge is 0.359 e. The molecule has 2 aliphatic rings. The van der Waals surface area contributed by atoms with Crippen LogP contribution in [0.3, 0.4) is 0 Å². The molecule has 0 spiro atoms. The van der Waals surface area contributed by atoms with Gasteiger partial charge in [0.2, 0.25) is 0 Å². The quantitative estimate of drug-likeness (QED) is 0.538. The maximum atomic E-state index is 12.3. The fraction of sp³-hybridized carbons (Fsp3) is 0.733. The smallest absolute Gasteiger partial charge is 0.142 e. The summed E-state index contributed by atoms with van der Waals surface area (Å²) in [6, 6.07) is 0. The van der Waals surface area contributed by atoms with Crippen LogP contribution in [0.2, 0.25) is 0 Å². The van der Waals surface area contributed by atoms with E-state index in [1.165, 1.54) is 0 Å². The molecule has 0 aliphatic carbocycles. The van der Waals surface area contributed by atoms with Crippen LogP contribution < -0.4 is 0 Å². The number of fused-ring (bicyclic) bond motifs is 2. The number of rotatable bonds is 6. The van der Waals surface area contributed by atoms with Crippen LogP contribution >= 0.6 is 0 Å². The van der Waals surface area contributed by atoms with Crippen molar-refractivity contribution in [3.05, 3.63) is 12.2 Å². The van der Waals surface area contributed by atoms with Crippen LogP contribution in [0, 0.1) is 5.92 Å². The van der Waals surface area contributed by atoms with E-state index in [9.17, 15) is 9.59 Å². The second kappa shape index (κ2) is 4.96. The highest BCUT2D eigenvalue weighted by atomic mass is 16.5. The van der Waals surface area contributed by atoms with Gasteiger partial charge in [-0.25, -0.2) is 0 Å². The van der Waals surface area contributed by atoms with Gasteiger partial charge in [-0.2, -0.15) is 0 Å². The lowest BCUT2D eigenvalue weighted by Gasteiger charge is -2.44. The standard InChI is InChI=1S/C15H22O3/c1-3-6-14-8-9-15(18-14,7-4-2)12(5-10-16)13(17)11-14/h8-10,12H,3-7,11H2,1-2H3/t12?,14-,15+/m1/s1. The van der Waals surface area contributed by atoms with E-state index in [4.69, 9.17) is 4.74 Å². The van der Waals surface area contributed by atoms with Gasteiger partial charge in [-0.05, 0) is 12.8 Å². The fourth-order valence-corrected chi connectivity index (χ4v) is 3.48. The predicted molar refractivity (Wildman–Crippen MR) is 69.3 cm³/mol. The molecule has 0 aromatic heterocycles. The van der Waals surface area contributed by atoms with Gasteiger partial charge in [0, 0.05) is 12.8 Å². The van der Waals surface area contributed by atoms with Gasteiger partial charge < -0.3 is 9.53 Å². The Bertz CT molecular complexity index is 374. The molecule has 2 bridgehead atoms. The number of aldehydes is 1. The van der Waals surface area contributed by atoms with Gasteiger partial charge in [0.1, 0.15) is 12.1 Å². The number of hydrogen-bond acceptors (Lipinski definition) is 3. The lowest BCUT2D eigenvalue weighted by molar-refractivity contribution is -0.175. The SMILES string of the molecule is CCC[C@]12C=C[C@](CCC)(O1)C(CC=O)C(=O)C2. The molecule has 18 heavy (non-hydrogen) atoms. The summed E-state index contributed by atoms with van der Waals surface area (Å²) in [7, 11) is 0. The molecule has 0 aromatic carbocycles. The highest BCUT2D eigenvalue weighted by molar-refractivity contribution is 5.87. The Morgan fingerprint density at radius 1 is 1.33 bits per heavy atom. The van der Waals surface area contributed by atoms with Crippen molar-refractivity contribution >= 4 is 12.1 Å². The summed E-state index contributed by atoms with van der Waals surface area (Å²) in [5.74, 6) is -0.0843. The van der Waals surface area contributed by atoms with Crippen molar-refractivity contribution in [2.45, 2.75) is 63.6 Å². The molecule has 2 heterocycles. The minimum atomic E-state index is -0.514. The van der Waals surface area contributed by atoms with E-state index >= 15 is 0 Å². The first-order valence-electron chi connectivity index (χ1n) is 6.98. The van der Waals surface area contributed by atoms with E-state index in [0.717, 1.165) is 32.0 Å². The average Bonchev–Trinajstić information content (AvgIpc) is 2.62. The molecule has 1 unspecified atom stereocenters. The number of carbonyl (C=O) groups is 2. The zero-order valence-electron chi connectivity index (χ0n) is 11.3. The second-order valence-corrected chi connectivity index (χ2v) is 5.55. The number of carbonyl (C=O) groups excluding carboxylic acids is 2. The Kier molecular flexibility index (Phi) is 3.71. The summed E-state index contributed by atoms with van der Waals surface area (Å²) in [5.41, 5.74) is -0.902. The van der Waals surface area contributed by atoms with E-state index in [-0.39, 0.29) is 23.7 Å². The molecule has 1 saturated heterocycles. The first-order chi connectivity index (χ1) is 8.61. The van der Waals surface area contributed by atoms with E-state index in [1.807, 2.05) is 0 Å². The van der Waals surface area contributed by atoms with Crippen LogP contribution in [-0.4, -0.2) is 23.3 Å². The van der Waals surface area contributed by atoms with Crippen molar-refractivity contribution in [2.75, 3.05) is 0 Å². The summed E-state index contributed by atoms with van der Waals surface area (Å²) < 4.78 is 6.30. The molecule has 0 amide bonds. The van der Waals surface area contributed by atoms with Crippen LogP contribution in [-0.2, 0) is 14.3 Å². The predicted octanol–water partition coefficient (Wildman–Crippen LogP) is 2.83. The number of ether oxygens (including phenoxy) is 1. The van der Waals surface area contributed by atoms with Crippen molar-refractivity contribution in [3.63, 3.8) is 0 Å². The molecule has 3 heteroatoms. The zero-order chi connectivity index (χ0) is 13.2. The molecule has 100 valence electrons. The lowest BCUT2D eigenvalue weighted by atomic mass is 9.75. The van der Waals surface area contributed by atoms with Gasteiger partial charge in [-0.1, -0.05) is 38.8 Å². The number of Topliss-reactive ketones (excluding diaryl/α,β-unsaturated/α-hetero) is 1. The van der Waals surface area contributed by atoms with E-state index in [0.29, 0.717) is 6.42 Å². The van der Waals surface area contributed by atoms with Crippen molar-refractivity contribution in [3.8, 4) is 0 Å². The van der Waals surface area contributed by atoms with Gasteiger partial charge in [-0.3, -0.25) is 4.79 Å². The van der Waals surface area contributed by atoms with Crippen molar-refractivity contribution in [1.82, 2.24) is 0 Å². The number of hydrogen-bond donors (Lipinski definition) is 0. The summed E-state index contributed by atoms with van der Waals surface area (Å²) in [4.78, 5) is 23.1. The second-order valence-electron chi connectivity index (χ2n) is 5.55.